The lowest BCUT2D eigenvalue weighted by atomic mass is 9.70. The minimum absolute atomic E-state index is 0.0194. The Labute approximate surface area is 191 Å². The van der Waals surface area contributed by atoms with Gasteiger partial charge in [-0.25, -0.2) is 0 Å². The van der Waals surface area contributed by atoms with E-state index in [4.69, 9.17) is 4.74 Å². The third-order valence-corrected chi connectivity index (χ3v) is 7.81. The van der Waals surface area contributed by atoms with E-state index in [1.54, 1.807) is 13.8 Å². The number of phenolic OH excluding ortho intramolecular Hbond substituents is 2. The first kappa shape index (κ1) is 21.5. The molecule has 7 nitrogen and oxygen atoms in total. The van der Waals surface area contributed by atoms with Gasteiger partial charge in [-0.3, -0.25) is 14.4 Å². The van der Waals surface area contributed by atoms with Crippen LogP contribution in [0.5, 0.6) is 17.2 Å². The van der Waals surface area contributed by atoms with E-state index in [0.29, 0.717) is 30.0 Å². The van der Waals surface area contributed by atoms with Crippen molar-refractivity contribution in [1.29, 1.82) is 0 Å². The molecule has 4 aliphatic rings. The van der Waals surface area contributed by atoms with Gasteiger partial charge in [-0.1, -0.05) is 12.2 Å². The maximum atomic E-state index is 13.8. The SMILES string of the molecule is CC(=O)c1c(O)c(C)c(O)c2c1OC1=CC(=O)/C(=C(/C)NC[C@H]3C[C@H]4C=C[C@H]3C4)C(=O)[C@@]12C. The van der Waals surface area contributed by atoms with E-state index in [-0.39, 0.29) is 39.5 Å². The maximum absolute atomic E-state index is 13.8. The zero-order valence-electron chi connectivity index (χ0n) is 19.1. The molecule has 0 saturated heterocycles. The molecule has 0 spiro atoms. The number of rotatable bonds is 4. The van der Waals surface area contributed by atoms with Crippen molar-refractivity contribution in [2.24, 2.45) is 17.8 Å². The number of carbonyl (C=O) groups excluding carboxylic acids is 3. The highest BCUT2D eigenvalue weighted by atomic mass is 16.5. The molecule has 172 valence electrons. The molecular weight excluding hydrogens is 422 g/mol. The molecule has 1 fully saturated rings. The average Bonchev–Trinajstić information content (AvgIpc) is 3.44. The summed E-state index contributed by atoms with van der Waals surface area (Å²) in [6, 6.07) is 0. The third kappa shape index (κ3) is 2.84. The predicted octanol–water partition coefficient (Wildman–Crippen LogP) is 3.37. The van der Waals surface area contributed by atoms with Gasteiger partial charge in [0.05, 0.1) is 11.1 Å². The van der Waals surface area contributed by atoms with Gasteiger partial charge in [-0.15, -0.1) is 0 Å². The smallest absolute Gasteiger partial charge is 0.194 e. The number of benzene rings is 1. The minimum atomic E-state index is -1.48. The molecule has 3 N–H and O–H groups in total. The summed E-state index contributed by atoms with van der Waals surface area (Å²) in [5.74, 6) is -0.564. The van der Waals surface area contributed by atoms with Gasteiger partial charge in [-0.2, -0.15) is 0 Å². The maximum Gasteiger partial charge on any atom is 0.194 e. The van der Waals surface area contributed by atoms with E-state index in [1.165, 1.54) is 26.3 Å². The second-order valence-corrected chi connectivity index (χ2v) is 9.81. The minimum Gasteiger partial charge on any atom is -0.507 e. The van der Waals surface area contributed by atoms with Crippen LogP contribution in [-0.4, -0.2) is 34.1 Å². The summed E-state index contributed by atoms with van der Waals surface area (Å²) >= 11 is 0. The highest BCUT2D eigenvalue weighted by molar-refractivity contribution is 6.31. The van der Waals surface area contributed by atoms with Gasteiger partial charge < -0.3 is 20.3 Å². The number of phenols is 2. The number of fused-ring (bicyclic) bond motifs is 5. The number of hydrogen-bond donors (Lipinski definition) is 3. The fourth-order valence-corrected chi connectivity index (χ4v) is 5.86. The Bertz CT molecular complexity index is 1240. The first-order valence-corrected chi connectivity index (χ1v) is 11.3. The van der Waals surface area contributed by atoms with Gasteiger partial charge in [0.2, 0.25) is 0 Å². The second-order valence-electron chi connectivity index (χ2n) is 9.81. The molecule has 4 atom stereocenters. The molecule has 2 bridgehead atoms. The van der Waals surface area contributed by atoms with Crippen LogP contribution >= 0.6 is 0 Å². The summed E-state index contributed by atoms with van der Waals surface area (Å²) < 4.78 is 5.79. The molecule has 0 unspecified atom stereocenters. The van der Waals surface area contributed by atoms with Crippen LogP contribution in [0, 0.1) is 24.7 Å². The Morgan fingerprint density at radius 1 is 1.18 bits per heavy atom. The number of nitrogens with one attached hydrogen (secondary N) is 1. The fraction of sp³-hybridized carbons (Fsp3) is 0.423. The van der Waals surface area contributed by atoms with Gasteiger partial charge in [0, 0.05) is 23.9 Å². The van der Waals surface area contributed by atoms with E-state index in [0.717, 1.165) is 6.42 Å². The van der Waals surface area contributed by atoms with Crippen molar-refractivity contribution >= 4 is 17.3 Å². The molecule has 33 heavy (non-hydrogen) atoms. The molecule has 0 amide bonds. The van der Waals surface area contributed by atoms with E-state index in [2.05, 4.69) is 17.5 Å². The largest absolute Gasteiger partial charge is 0.507 e. The number of ether oxygens (including phenoxy) is 1. The summed E-state index contributed by atoms with van der Waals surface area (Å²) in [5.41, 5.74) is -0.894. The fourth-order valence-electron chi connectivity index (χ4n) is 5.86. The molecule has 5 rings (SSSR count). The highest BCUT2D eigenvalue weighted by Gasteiger charge is 2.56. The van der Waals surface area contributed by atoms with Gasteiger partial charge in [0.1, 0.15) is 34.0 Å². The highest BCUT2D eigenvalue weighted by Crippen LogP contribution is 2.57. The number of aromatic hydroxyl groups is 2. The van der Waals surface area contributed by atoms with Crippen molar-refractivity contribution in [3.05, 3.63) is 51.9 Å². The lowest BCUT2D eigenvalue weighted by molar-refractivity contribution is -0.123. The van der Waals surface area contributed by atoms with Crippen molar-refractivity contribution in [3.8, 4) is 17.2 Å². The van der Waals surface area contributed by atoms with Crippen LogP contribution < -0.4 is 10.1 Å². The van der Waals surface area contributed by atoms with Crippen LogP contribution in [0.15, 0.2) is 35.3 Å². The number of ketones is 3. The van der Waals surface area contributed by atoms with Crippen LogP contribution in [0.1, 0.15) is 55.1 Å². The monoisotopic (exact) mass is 449 g/mol. The summed E-state index contributed by atoms with van der Waals surface area (Å²) in [4.78, 5) is 39.0. The van der Waals surface area contributed by atoms with E-state index in [9.17, 15) is 24.6 Å². The Hall–Kier alpha value is -3.35. The molecule has 1 aromatic carbocycles. The predicted molar refractivity (Wildman–Crippen MR) is 120 cm³/mol. The Morgan fingerprint density at radius 2 is 1.91 bits per heavy atom. The topological polar surface area (TPSA) is 113 Å². The quantitative estimate of drug-likeness (QED) is 0.280. The van der Waals surface area contributed by atoms with Crippen molar-refractivity contribution in [3.63, 3.8) is 0 Å². The van der Waals surface area contributed by atoms with Crippen molar-refractivity contribution in [2.45, 2.75) is 46.0 Å². The molecule has 1 aromatic rings. The van der Waals surface area contributed by atoms with Crippen LogP contribution in [0.25, 0.3) is 0 Å². The molecule has 1 saturated carbocycles. The molecular formula is C26H27NO6. The summed E-state index contributed by atoms with van der Waals surface area (Å²) in [7, 11) is 0. The molecule has 0 radical (unpaired) electrons. The molecule has 1 aliphatic heterocycles. The van der Waals surface area contributed by atoms with Gasteiger partial charge in [-0.05, 0) is 58.3 Å². The normalized spacial score (nSPS) is 30.7. The van der Waals surface area contributed by atoms with E-state index < -0.39 is 28.5 Å². The summed E-state index contributed by atoms with van der Waals surface area (Å²) in [5, 5.41) is 24.6. The Morgan fingerprint density at radius 3 is 2.52 bits per heavy atom. The Kier molecular flexibility index (Phi) is 4.61. The van der Waals surface area contributed by atoms with E-state index in [1.807, 2.05) is 0 Å². The van der Waals surface area contributed by atoms with Crippen LogP contribution in [0.3, 0.4) is 0 Å². The number of allylic oxidation sites excluding steroid dienone is 6. The van der Waals surface area contributed by atoms with Crippen molar-refractivity contribution in [1.82, 2.24) is 5.32 Å². The average molecular weight is 450 g/mol. The standard InChI is InChI=1S/C26H27NO6/c1-11-22(30)20(13(3)28)24-21(23(11)31)26(4)18(33-24)9-17(29)19(25(26)32)12(2)27-10-16-8-14-5-6-15(16)7-14/h5-6,9,14-16,27,30-31H,7-8,10H2,1-4H3/b19-12+/t14-,15-,16+,26-/m0/s1. The van der Waals surface area contributed by atoms with Gasteiger partial charge in [0.15, 0.2) is 17.3 Å². The van der Waals surface area contributed by atoms with Crippen LogP contribution in [0.2, 0.25) is 0 Å². The van der Waals surface area contributed by atoms with Crippen molar-refractivity contribution < 1.29 is 29.3 Å². The zero-order valence-corrected chi connectivity index (χ0v) is 19.1. The second kappa shape index (κ2) is 7.07. The molecule has 7 heteroatoms. The zero-order chi connectivity index (χ0) is 23.8. The third-order valence-electron chi connectivity index (χ3n) is 7.81. The lowest BCUT2D eigenvalue weighted by Crippen LogP contribution is -2.41. The first-order chi connectivity index (χ1) is 15.6. The van der Waals surface area contributed by atoms with Crippen LogP contribution in [-0.2, 0) is 15.0 Å². The Balaban J connectivity index is 1.56. The molecule has 0 aromatic heterocycles. The number of carbonyl (C=O) groups is 3. The van der Waals surface area contributed by atoms with Crippen molar-refractivity contribution in [2.75, 3.05) is 6.54 Å². The van der Waals surface area contributed by atoms with Gasteiger partial charge in [0.25, 0.3) is 0 Å². The number of hydrogen-bond acceptors (Lipinski definition) is 7. The summed E-state index contributed by atoms with van der Waals surface area (Å²) in [6.45, 7) is 6.71. The number of Topliss-reactive ketones (excluding diaryl/α,β-unsaturated/α-hetero) is 2. The molecule has 3 aliphatic carbocycles. The lowest BCUT2D eigenvalue weighted by Gasteiger charge is -2.29. The summed E-state index contributed by atoms with van der Waals surface area (Å²) in [6.07, 6.45) is 8.05. The van der Waals surface area contributed by atoms with E-state index >= 15 is 0 Å². The first-order valence-electron chi connectivity index (χ1n) is 11.3. The van der Waals surface area contributed by atoms with Crippen LogP contribution in [0.4, 0.5) is 0 Å². The van der Waals surface area contributed by atoms with Gasteiger partial charge >= 0.3 is 0 Å². The molecule has 1 heterocycles.